The van der Waals surface area contributed by atoms with Crippen LogP contribution in [-0.2, 0) is 11.2 Å². The second-order valence-corrected chi connectivity index (χ2v) is 4.13. The summed E-state index contributed by atoms with van der Waals surface area (Å²) >= 11 is 0. The van der Waals surface area contributed by atoms with Gasteiger partial charge in [-0.1, -0.05) is 0 Å². The van der Waals surface area contributed by atoms with E-state index in [-0.39, 0.29) is 6.42 Å². The first-order chi connectivity index (χ1) is 8.60. The molecule has 0 spiro atoms. The number of anilines is 1. The molecule has 2 heterocycles. The Morgan fingerprint density at radius 3 is 2.94 bits per heavy atom. The summed E-state index contributed by atoms with van der Waals surface area (Å²) in [6, 6.07) is 3.80. The van der Waals surface area contributed by atoms with Crippen LogP contribution in [0.3, 0.4) is 0 Å². The molecule has 0 bridgehead atoms. The predicted octanol–water partition coefficient (Wildman–Crippen LogP) is 1.20. The Kier molecular flexibility index (Phi) is 3.45. The van der Waals surface area contributed by atoms with Gasteiger partial charge in [-0.2, -0.15) is 0 Å². The number of aromatic nitrogens is 3. The summed E-state index contributed by atoms with van der Waals surface area (Å²) in [7, 11) is 1.97. The lowest BCUT2D eigenvalue weighted by atomic mass is 10.2. The molecule has 2 aromatic rings. The van der Waals surface area contributed by atoms with Gasteiger partial charge < -0.3 is 10.0 Å². The Hall–Kier alpha value is -2.11. The van der Waals surface area contributed by atoms with Crippen LogP contribution in [0.5, 0.6) is 0 Å². The van der Waals surface area contributed by atoms with Gasteiger partial charge in [0.15, 0.2) is 5.65 Å². The van der Waals surface area contributed by atoms with E-state index in [9.17, 15) is 4.79 Å². The topological polar surface area (TPSA) is 70.7 Å². The number of carboxylic acid groups (broad SMARTS) is 1. The first kappa shape index (κ1) is 12.3. The number of imidazole rings is 1. The number of aliphatic carboxylic acids is 1. The van der Waals surface area contributed by atoms with E-state index in [0.717, 1.165) is 23.7 Å². The van der Waals surface area contributed by atoms with E-state index in [2.05, 4.69) is 17.0 Å². The molecule has 18 heavy (non-hydrogen) atoms. The molecule has 0 saturated heterocycles. The highest BCUT2D eigenvalue weighted by Gasteiger charge is 2.07. The van der Waals surface area contributed by atoms with Gasteiger partial charge >= 0.3 is 5.97 Å². The van der Waals surface area contributed by atoms with Crippen molar-refractivity contribution in [3.8, 4) is 0 Å². The van der Waals surface area contributed by atoms with Gasteiger partial charge in [0.2, 0.25) is 0 Å². The third kappa shape index (κ3) is 2.58. The van der Waals surface area contributed by atoms with E-state index >= 15 is 0 Å². The fourth-order valence-corrected chi connectivity index (χ4v) is 1.64. The van der Waals surface area contributed by atoms with Gasteiger partial charge in [-0.25, -0.2) is 9.50 Å². The molecular formula is C12H16N4O2. The highest BCUT2D eigenvalue weighted by atomic mass is 16.4. The van der Waals surface area contributed by atoms with Gasteiger partial charge in [-0.3, -0.25) is 4.79 Å². The van der Waals surface area contributed by atoms with E-state index in [1.54, 1.807) is 10.7 Å². The second-order valence-electron chi connectivity index (χ2n) is 4.13. The van der Waals surface area contributed by atoms with Crippen molar-refractivity contribution in [2.45, 2.75) is 19.8 Å². The Labute approximate surface area is 105 Å². The molecule has 6 heteroatoms. The summed E-state index contributed by atoms with van der Waals surface area (Å²) < 4.78 is 1.69. The molecule has 0 fully saturated rings. The standard InChI is InChI=1S/C12H16N4O2/c1-3-15(2)11-6-5-10-13-9(4-7-12(17)18)8-16(10)14-11/h5-6,8H,3-4,7H2,1-2H3,(H,17,18). The van der Waals surface area contributed by atoms with Crippen molar-refractivity contribution < 1.29 is 9.90 Å². The molecule has 96 valence electrons. The number of rotatable bonds is 5. The van der Waals surface area contributed by atoms with Crippen molar-refractivity contribution in [2.75, 3.05) is 18.5 Å². The predicted molar refractivity (Wildman–Crippen MR) is 67.9 cm³/mol. The van der Waals surface area contributed by atoms with Gasteiger partial charge in [-0.05, 0) is 19.1 Å². The van der Waals surface area contributed by atoms with Crippen LogP contribution in [0.4, 0.5) is 5.82 Å². The number of aryl methyl sites for hydroxylation is 1. The highest BCUT2D eigenvalue weighted by Crippen LogP contribution is 2.11. The maximum Gasteiger partial charge on any atom is 0.303 e. The van der Waals surface area contributed by atoms with Gasteiger partial charge in [0.25, 0.3) is 0 Å². The zero-order valence-electron chi connectivity index (χ0n) is 10.5. The van der Waals surface area contributed by atoms with Crippen LogP contribution < -0.4 is 4.90 Å². The van der Waals surface area contributed by atoms with E-state index in [1.807, 2.05) is 24.1 Å². The molecule has 0 saturated carbocycles. The minimum atomic E-state index is -0.813. The third-order valence-electron chi connectivity index (χ3n) is 2.82. The van der Waals surface area contributed by atoms with Gasteiger partial charge in [0.05, 0.1) is 18.3 Å². The largest absolute Gasteiger partial charge is 0.481 e. The van der Waals surface area contributed by atoms with Crippen LogP contribution in [0, 0.1) is 0 Å². The molecule has 0 aromatic carbocycles. The fraction of sp³-hybridized carbons (Fsp3) is 0.417. The first-order valence-electron chi connectivity index (χ1n) is 5.88. The summed E-state index contributed by atoms with van der Waals surface area (Å²) in [6.07, 6.45) is 2.30. The zero-order chi connectivity index (χ0) is 13.1. The molecule has 2 aromatic heterocycles. The molecule has 1 N–H and O–H groups in total. The molecule has 6 nitrogen and oxygen atoms in total. The lowest BCUT2D eigenvalue weighted by molar-refractivity contribution is -0.136. The van der Waals surface area contributed by atoms with E-state index < -0.39 is 5.97 Å². The average Bonchev–Trinajstić information content (AvgIpc) is 2.77. The van der Waals surface area contributed by atoms with Gasteiger partial charge in [-0.15, -0.1) is 5.10 Å². The minimum Gasteiger partial charge on any atom is -0.481 e. The van der Waals surface area contributed by atoms with Crippen LogP contribution >= 0.6 is 0 Å². The lowest BCUT2D eigenvalue weighted by Gasteiger charge is -2.14. The molecule has 0 unspecified atom stereocenters. The van der Waals surface area contributed by atoms with Crippen molar-refractivity contribution in [1.82, 2.24) is 14.6 Å². The second kappa shape index (κ2) is 5.03. The third-order valence-corrected chi connectivity index (χ3v) is 2.82. The molecule has 2 rings (SSSR count). The van der Waals surface area contributed by atoms with Crippen molar-refractivity contribution in [3.05, 3.63) is 24.0 Å². The Morgan fingerprint density at radius 1 is 1.50 bits per heavy atom. The van der Waals surface area contributed by atoms with Crippen molar-refractivity contribution >= 4 is 17.4 Å². The Balaban J connectivity index is 2.25. The Morgan fingerprint density at radius 2 is 2.28 bits per heavy atom. The Bertz CT molecular complexity index is 564. The number of fused-ring (bicyclic) bond motifs is 1. The number of carboxylic acids is 1. The van der Waals surface area contributed by atoms with E-state index in [0.29, 0.717) is 6.42 Å². The minimum absolute atomic E-state index is 0.0889. The van der Waals surface area contributed by atoms with Crippen LogP contribution in [-0.4, -0.2) is 39.3 Å². The first-order valence-corrected chi connectivity index (χ1v) is 5.88. The summed E-state index contributed by atoms with van der Waals surface area (Å²) in [5.41, 5.74) is 1.49. The van der Waals surface area contributed by atoms with Crippen LogP contribution in [0.25, 0.3) is 5.65 Å². The van der Waals surface area contributed by atoms with Crippen molar-refractivity contribution in [2.24, 2.45) is 0 Å². The number of nitrogens with zero attached hydrogens (tertiary/aromatic N) is 4. The summed E-state index contributed by atoms with van der Waals surface area (Å²) in [4.78, 5) is 16.9. The quantitative estimate of drug-likeness (QED) is 0.861. The summed E-state index contributed by atoms with van der Waals surface area (Å²) in [6.45, 7) is 2.93. The SMILES string of the molecule is CCN(C)c1ccc2nc(CCC(=O)O)cn2n1. The summed E-state index contributed by atoms with van der Waals surface area (Å²) in [5, 5.41) is 13.1. The molecule has 0 aliphatic carbocycles. The molecule has 0 aliphatic heterocycles. The van der Waals surface area contributed by atoms with Crippen LogP contribution in [0.1, 0.15) is 19.0 Å². The number of carbonyl (C=O) groups is 1. The van der Waals surface area contributed by atoms with Crippen LogP contribution in [0.15, 0.2) is 18.3 Å². The fourth-order valence-electron chi connectivity index (χ4n) is 1.64. The number of hydrogen-bond donors (Lipinski definition) is 1. The molecule has 0 aliphatic rings. The van der Waals surface area contributed by atoms with Crippen molar-refractivity contribution in [1.29, 1.82) is 0 Å². The monoisotopic (exact) mass is 248 g/mol. The molecule has 0 radical (unpaired) electrons. The zero-order valence-corrected chi connectivity index (χ0v) is 10.5. The average molecular weight is 248 g/mol. The van der Waals surface area contributed by atoms with E-state index in [1.165, 1.54) is 0 Å². The summed E-state index contributed by atoms with van der Waals surface area (Å²) in [5.74, 6) is 0.0543. The molecule has 0 atom stereocenters. The highest BCUT2D eigenvalue weighted by molar-refractivity contribution is 5.67. The maximum absolute atomic E-state index is 10.5. The van der Waals surface area contributed by atoms with Gasteiger partial charge in [0.1, 0.15) is 5.82 Å². The lowest BCUT2D eigenvalue weighted by Crippen LogP contribution is -2.18. The van der Waals surface area contributed by atoms with Crippen molar-refractivity contribution in [3.63, 3.8) is 0 Å². The van der Waals surface area contributed by atoms with Gasteiger partial charge in [0, 0.05) is 20.0 Å². The normalized spacial score (nSPS) is 10.8. The molecular weight excluding hydrogens is 232 g/mol. The smallest absolute Gasteiger partial charge is 0.303 e. The van der Waals surface area contributed by atoms with Crippen LogP contribution in [0.2, 0.25) is 0 Å². The number of hydrogen-bond acceptors (Lipinski definition) is 4. The van der Waals surface area contributed by atoms with E-state index in [4.69, 9.17) is 5.11 Å². The molecule has 0 amide bonds. The maximum atomic E-state index is 10.5.